The van der Waals surface area contributed by atoms with Gasteiger partial charge in [0, 0.05) is 5.70 Å². The summed E-state index contributed by atoms with van der Waals surface area (Å²) in [4.78, 5) is 5.02. The van der Waals surface area contributed by atoms with Gasteiger partial charge >= 0.3 is 0 Å². The molecule has 2 N–H and O–H groups in total. The number of aryl methyl sites for hydroxylation is 1. The summed E-state index contributed by atoms with van der Waals surface area (Å²) in [6, 6.07) is 66.3. The largest absolute Gasteiger partial charge is 0.398 e. The molecule has 0 aliphatic carbocycles. The second-order valence-electron chi connectivity index (χ2n) is 14.6. The molecular formula is C59H54N2. The number of nitrogens with two attached hydrogens (primary N) is 1. The number of aliphatic imine (C=N–C) groups is 1. The normalized spacial score (nSPS) is 12.0. The van der Waals surface area contributed by atoms with Crippen LogP contribution in [0.25, 0.3) is 28.0 Å². The van der Waals surface area contributed by atoms with Crippen molar-refractivity contribution < 1.29 is 0 Å². The predicted octanol–water partition coefficient (Wildman–Crippen LogP) is 14.7. The molecule has 7 aromatic rings. The van der Waals surface area contributed by atoms with Gasteiger partial charge in [0.25, 0.3) is 0 Å². The van der Waals surface area contributed by atoms with Gasteiger partial charge in [0.05, 0.1) is 17.7 Å². The summed E-state index contributed by atoms with van der Waals surface area (Å²) in [5.41, 5.74) is 21.4. The van der Waals surface area contributed by atoms with Crippen molar-refractivity contribution in [2.45, 2.75) is 25.8 Å². The molecule has 0 saturated heterocycles. The van der Waals surface area contributed by atoms with E-state index in [-0.39, 0.29) is 0 Å². The van der Waals surface area contributed by atoms with E-state index >= 15 is 0 Å². The standard InChI is InChI=1S/C55H48N2.C4H6/c1-4-18-49(19-5-2)55(50-24-14-8-15-25-50,51-26-16-9-17-27-51)52-37-36-48(38-41(52)3)45-34-32-44(33-35-45)43-30-28-42(29-31-43)40-57-54(47-22-12-7-13-23-47)39-53(56)46-20-10-6-11-21-46;1-3-4-2/h4-39H,1,40,56H2,2-3H3;3-4H,1-2H2/b19-5-,49-18+,53-39-,57-54?;. The zero-order valence-electron chi connectivity index (χ0n) is 35.3. The Labute approximate surface area is 363 Å². The number of allylic oxidation sites excluding steroid dienone is 8. The number of benzene rings is 7. The number of hydrogen-bond acceptors (Lipinski definition) is 2. The van der Waals surface area contributed by atoms with Crippen molar-refractivity contribution >= 4 is 11.4 Å². The summed E-state index contributed by atoms with van der Waals surface area (Å²) in [5.74, 6) is 0. The summed E-state index contributed by atoms with van der Waals surface area (Å²) in [7, 11) is 0. The topological polar surface area (TPSA) is 38.4 Å². The maximum Gasteiger partial charge on any atom is 0.0704 e. The zero-order chi connectivity index (χ0) is 42.9. The highest BCUT2D eigenvalue weighted by Gasteiger charge is 2.40. The van der Waals surface area contributed by atoms with Crippen LogP contribution < -0.4 is 5.73 Å². The van der Waals surface area contributed by atoms with Crippen molar-refractivity contribution in [1.29, 1.82) is 0 Å². The Balaban J connectivity index is 0.00000149. The molecule has 0 saturated carbocycles. The monoisotopic (exact) mass is 790 g/mol. The highest BCUT2D eigenvalue weighted by molar-refractivity contribution is 6.12. The Kier molecular flexibility index (Phi) is 15.1. The summed E-state index contributed by atoms with van der Waals surface area (Å²) in [6.45, 7) is 15.7. The molecule has 0 spiro atoms. The number of rotatable bonds is 14. The molecule has 2 nitrogen and oxygen atoms in total. The van der Waals surface area contributed by atoms with Gasteiger partial charge in [-0.15, -0.1) is 0 Å². The van der Waals surface area contributed by atoms with E-state index in [2.05, 4.69) is 191 Å². The van der Waals surface area contributed by atoms with Gasteiger partial charge in [-0.1, -0.05) is 244 Å². The minimum atomic E-state index is -0.539. The van der Waals surface area contributed by atoms with Crippen molar-refractivity contribution in [1.82, 2.24) is 0 Å². The Hall–Kier alpha value is -7.55. The number of hydrogen-bond donors (Lipinski definition) is 1. The first kappa shape index (κ1) is 43.0. The van der Waals surface area contributed by atoms with Crippen LogP contribution in [0, 0.1) is 6.92 Å². The van der Waals surface area contributed by atoms with E-state index in [1.807, 2.05) is 60.7 Å². The lowest BCUT2D eigenvalue weighted by Crippen LogP contribution is -2.32. The molecule has 0 aromatic heterocycles. The van der Waals surface area contributed by atoms with Crippen molar-refractivity contribution in [2.75, 3.05) is 0 Å². The Morgan fingerprint density at radius 3 is 1.49 bits per heavy atom. The van der Waals surface area contributed by atoms with Gasteiger partial charge in [-0.3, -0.25) is 4.99 Å². The maximum atomic E-state index is 6.51. The summed E-state index contributed by atoms with van der Waals surface area (Å²) in [6.07, 6.45) is 13.6. The van der Waals surface area contributed by atoms with Gasteiger partial charge in [0.2, 0.25) is 0 Å². The molecule has 0 aliphatic heterocycles. The van der Waals surface area contributed by atoms with Crippen LogP contribution in [0.1, 0.15) is 45.9 Å². The SMILES string of the molecule is C=C/C=C(\C=C/C)C(c1ccccc1)(c1ccccc1)c1ccc(-c2ccc(-c3ccc(CN=C(/C=C(\N)c4ccccc4)c4ccccc4)cc3)cc2)cc1C.C=CC=C. The van der Waals surface area contributed by atoms with Gasteiger partial charge in [-0.25, -0.2) is 0 Å². The first-order valence-electron chi connectivity index (χ1n) is 20.7. The molecule has 61 heavy (non-hydrogen) atoms. The molecular weight excluding hydrogens is 737 g/mol. The molecule has 0 unspecified atom stereocenters. The quantitative estimate of drug-likeness (QED) is 0.0665. The molecule has 2 heteroatoms. The van der Waals surface area contributed by atoms with Crippen LogP contribution in [0.15, 0.2) is 261 Å². The molecule has 0 amide bonds. The van der Waals surface area contributed by atoms with E-state index in [4.69, 9.17) is 10.7 Å². The highest BCUT2D eigenvalue weighted by Crippen LogP contribution is 2.47. The molecule has 0 atom stereocenters. The van der Waals surface area contributed by atoms with Crippen molar-refractivity contribution in [3.05, 3.63) is 295 Å². The van der Waals surface area contributed by atoms with Gasteiger partial charge in [-0.05, 0) is 86.7 Å². The van der Waals surface area contributed by atoms with Crippen LogP contribution in [-0.2, 0) is 12.0 Å². The van der Waals surface area contributed by atoms with Crippen LogP contribution >= 0.6 is 0 Å². The minimum Gasteiger partial charge on any atom is -0.398 e. The fraction of sp³-hybridized carbons (Fsp3) is 0.0678. The highest BCUT2D eigenvalue weighted by atomic mass is 14.7. The van der Waals surface area contributed by atoms with Crippen molar-refractivity contribution in [3.8, 4) is 22.3 Å². The summed E-state index contributed by atoms with van der Waals surface area (Å²) >= 11 is 0. The number of nitrogens with zero attached hydrogens (tertiary/aromatic N) is 1. The second-order valence-corrected chi connectivity index (χ2v) is 14.6. The Bertz CT molecular complexity index is 2580. The lowest BCUT2D eigenvalue weighted by Gasteiger charge is -2.39. The van der Waals surface area contributed by atoms with Gasteiger partial charge in [-0.2, -0.15) is 0 Å². The molecule has 0 fully saturated rings. The fourth-order valence-electron chi connectivity index (χ4n) is 7.74. The van der Waals surface area contributed by atoms with Gasteiger partial charge < -0.3 is 5.73 Å². The molecule has 0 radical (unpaired) electrons. The Morgan fingerprint density at radius 1 is 0.557 bits per heavy atom. The molecule has 0 bridgehead atoms. The fourth-order valence-corrected chi connectivity index (χ4v) is 7.74. The van der Waals surface area contributed by atoms with E-state index in [9.17, 15) is 0 Å². The first-order chi connectivity index (χ1) is 29.9. The third-order valence-corrected chi connectivity index (χ3v) is 10.7. The lowest BCUT2D eigenvalue weighted by atomic mass is 9.63. The molecule has 7 aromatic carbocycles. The van der Waals surface area contributed by atoms with Crippen molar-refractivity contribution in [3.63, 3.8) is 0 Å². The van der Waals surface area contributed by atoms with E-state index in [1.54, 1.807) is 12.2 Å². The lowest BCUT2D eigenvalue weighted by molar-refractivity contribution is 0.737. The molecule has 300 valence electrons. The van der Waals surface area contributed by atoms with Crippen LogP contribution in [-0.4, -0.2) is 5.71 Å². The minimum absolute atomic E-state index is 0.539. The maximum absolute atomic E-state index is 6.51. The van der Waals surface area contributed by atoms with Gasteiger partial charge in [0.15, 0.2) is 0 Å². The smallest absolute Gasteiger partial charge is 0.0704 e. The van der Waals surface area contributed by atoms with Gasteiger partial charge in [0.1, 0.15) is 0 Å². The van der Waals surface area contributed by atoms with Crippen molar-refractivity contribution in [2.24, 2.45) is 10.7 Å². The van der Waals surface area contributed by atoms with Crippen LogP contribution in [0.4, 0.5) is 0 Å². The summed E-state index contributed by atoms with van der Waals surface area (Å²) < 4.78 is 0. The molecule has 7 rings (SSSR count). The second kappa shape index (κ2) is 21.5. The van der Waals surface area contributed by atoms with Crippen LogP contribution in [0.5, 0.6) is 0 Å². The average molecular weight is 791 g/mol. The van der Waals surface area contributed by atoms with E-state index in [0.29, 0.717) is 12.2 Å². The zero-order valence-corrected chi connectivity index (χ0v) is 35.3. The van der Waals surface area contributed by atoms with Crippen LogP contribution in [0.3, 0.4) is 0 Å². The van der Waals surface area contributed by atoms with Crippen LogP contribution in [0.2, 0.25) is 0 Å². The van der Waals surface area contributed by atoms with E-state index in [0.717, 1.165) is 28.0 Å². The third kappa shape index (κ3) is 10.4. The average Bonchev–Trinajstić information content (AvgIpc) is 3.32. The van der Waals surface area contributed by atoms with E-state index < -0.39 is 5.41 Å². The Morgan fingerprint density at radius 2 is 1.02 bits per heavy atom. The summed E-state index contributed by atoms with van der Waals surface area (Å²) in [5, 5.41) is 0. The first-order valence-corrected chi connectivity index (χ1v) is 20.7. The third-order valence-electron chi connectivity index (χ3n) is 10.7. The predicted molar refractivity (Wildman–Crippen MR) is 264 cm³/mol. The van der Waals surface area contributed by atoms with E-state index in [1.165, 1.54) is 44.5 Å². The molecule has 0 heterocycles. The molecule has 0 aliphatic rings.